The number of hydrogen-bond acceptors (Lipinski definition) is 4. The smallest absolute Gasteiger partial charge is 0.279 e. The zero-order chi connectivity index (χ0) is 10.6. The van der Waals surface area contributed by atoms with Crippen LogP contribution in [0.5, 0.6) is 0 Å². The van der Waals surface area contributed by atoms with Gasteiger partial charge in [-0.15, -0.1) is 0 Å². The first-order valence-electron chi connectivity index (χ1n) is 3.62. The quantitative estimate of drug-likeness (QED) is 0.261. The minimum Gasteiger partial charge on any atom is -0.392 e. The van der Waals surface area contributed by atoms with Gasteiger partial charge in [-0.3, -0.25) is 10.1 Å². The molecule has 1 aromatic rings. The van der Waals surface area contributed by atoms with Gasteiger partial charge in [-0.1, -0.05) is 11.2 Å². The normalized spacial score (nSPS) is 9.21. The molecule has 0 aliphatic heterocycles. The van der Waals surface area contributed by atoms with Crippen molar-refractivity contribution in [1.29, 1.82) is 0 Å². The number of rotatable bonds is 3. The molecule has 0 heterocycles. The lowest BCUT2D eigenvalue weighted by molar-refractivity contribution is -0.384. The van der Waals surface area contributed by atoms with E-state index in [4.69, 9.17) is 10.6 Å². The van der Waals surface area contributed by atoms with Gasteiger partial charge in [-0.25, -0.2) is 0 Å². The Hall–Kier alpha value is -2.11. The van der Waals surface area contributed by atoms with Gasteiger partial charge in [0, 0.05) is 11.0 Å². The van der Waals surface area contributed by atoms with Crippen LogP contribution in [-0.4, -0.2) is 10.0 Å². The molecule has 0 spiro atoms. The molecular weight excluding hydrogens is 188 g/mol. The van der Waals surface area contributed by atoms with Crippen LogP contribution in [0.3, 0.4) is 0 Å². The van der Waals surface area contributed by atoms with Crippen molar-refractivity contribution in [2.45, 2.75) is 6.61 Å². The van der Waals surface area contributed by atoms with E-state index in [0.29, 0.717) is 5.56 Å². The molecule has 0 saturated carbocycles. The minimum absolute atomic E-state index is 0.0605. The molecule has 0 aromatic heterocycles. The van der Waals surface area contributed by atoms with E-state index in [9.17, 15) is 10.1 Å². The van der Waals surface area contributed by atoms with Crippen molar-refractivity contribution in [2.75, 3.05) is 0 Å². The Bertz CT molecular complexity index is 411. The van der Waals surface area contributed by atoms with Crippen LogP contribution in [0.2, 0.25) is 0 Å². The third-order valence-corrected chi connectivity index (χ3v) is 1.57. The van der Waals surface area contributed by atoms with E-state index in [-0.39, 0.29) is 18.0 Å². The molecule has 0 unspecified atom stereocenters. The van der Waals surface area contributed by atoms with Gasteiger partial charge in [0.2, 0.25) is 0 Å². The average molecular weight is 194 g/mol. The maximum Gasteiger partial charge on any atom is 0.279 e. The van der Waals surface area contributed by atoms with Crippen molar-refractivity contribution >= 4 is 11.4 Å². The second-order valence-corrected chi connectivity index (χ2v) is 2.43. The Morgan fingerprint density at radius 2 is 2.36 bits per heavy atom. The van der Waals surface area contributed by atoms with Crippen LogP contribution in [0, 0.1) is 10.1 Å². The first kappa shape index (κ1) is 9.97. The van der Waals surface area contributed by atoms with E-state index in [2.05, 4.69) is 10.0 Å². The largest absolute Gasteiger partial charge is 0.392 e. The van der Waals surface area contributed by atoms with Crippen molar-refractivity contribution in [3.05, 3.63) is 44.3 Å². The van der Waals surface area contributed by atoms with E-state index in [1.54, 1.807) is 0 Å². The van der Waals surface area contributed by atoms with E-state index in [1.165, 1.54) is 18.2 Å². The molecule has 1 N–H and O–H groups in total. The van der Waals surface area contributed by atoms with Gasteiger partial charge in [-0.2, -0.15) is 0 Å². The monoisotopic (exact) mass is 194 g/mol. The molecule has 0 fully saturated rings. The first-order chi connectivity index (χ1) is 6.69. The summed E-state index contributed by atoms with van der Waals surface area (Å²) >= 11 is 0. The summed E-state index contributed by atoms with van der Waals surface area (Å²) in [6.07, 6.45) is 0. The number of aliphatic hydroxyl groups is 1. The van der Waals surface area contributed by atoms with Gasteiger partial charge in [-0.05, 0) is 17.2 Å². The fourth-order valence-corrected chi connectivity index (χ4v) is 0.946. The molecule has 0 saturated heterocycles. The highest BCUT2D eigenvalue weighted by Crippen LogP contribution is 2.28. The zero-order valence-electron chi connectivity index (χ0n) is 6.99. The zero-order valence-corrected chi connectivity index (χ0v) is 6.99. The van der Waals surface area contributed by atoms with Gasteiger partial charge < -0.3 is 5.11 Å². The molecule has 0 bridgehead atoms. The topological polar surface area (TPSA) is 112 Å². The Morgan fingerprint density at radius 1 is 1.64 bits per heavy atom. The van der Waals surface area contributed by atoms with E-state index < -0.39 is 4.92 Å². The maximum atomic E-state index is 10.5. The van der Waals surface area contributed by atoms with Gasteiger partial charge >= 0.3 is 0 Å². The predicted molar refractivity (Wildman–Crippen MR) is 47.8 cm³/mol. The van der Waals surface area contributed by atoms with Gasteiger partial charge in [0.15, 0.2) is 0 Å². The summed E-state index contributed by atoms with van der Waals surface area (Å²) in [5.74, 6) is 0. The molecule has 0 atom stereocenters. The molecule has 14 heavy (non-hydrogen) atoms. The molecule has 0 radical (unpaired) electrons. The molecular formula is C7H6N4O3. The highest BCUT2D eigenvalue weighted by molar-refractivity contribution is 5.58. The number of nitro groups is 1. The molecule has 0 aliphatic rings. The number of hydrogen-bond donors (Lipinski definition) is 1. The third-order valence-electron chi connectivity index (χ3n) is 1.57. The lowest BCUT2D eigenvalue weighted by Crippen LogP contribution is -1.91. The second-order valence-electron chi connectivity index (χ2n) is 2.43. The average Bonchev–Trinajstić information content (AvgIpc) is 2.18. The Labute approximate surface area is 78.4 Å². The summed E-state index contributed by atoms with van der Waals surface area (Å²) < 4.78 is 0. The van der Waals surface area contributed by atoms with E-state index in [1.807, 2.05) is 0 Å². The molecule has 0 amide bonds. The van der Waals surface area contributed by atoms with Crippen LogP contribution in [0.1, 0.15) is 5.56 Å². The van der Waals surface area contributed by atoms with Crippen molar-refractivity contribution in [1.82, 2.24) is 0 Å². The standard InChI is InChI=1S/C7H6N4O3/c8-10-9-6-2-1-5(4-12)3-7(6)11(13)14/h1-3,12H,4H2. The number of aliphatic hydroxyl groups excluding tert-OH is 1. The van der Waals surface area contributed by atoms with Crippen molar-refractivity contribution in [2.24, 2.45) is 5.11 Å². The second kappa shape index (κ2) is 4.22. The van der Waals surface area contributed by atoms with Gasteiger partial charge in [0.05, 0.1) is 11.5 Å². The SMILES string of the molecule is [N-]=[N+]=Nc1ccc(CO)cc1[N+](=O)[O-]. The van der Waals surface area contributed by atoms with Crippen LogP contribution in [0.15, 0.2) is 23.3 Å². The summed E-state index contributed by atoms with van der Waals surface area (Å²) in [5, 5.41) is 22.4. The molecule has 1 aromatic carbocycles. The fourth-order valence-electron chi connectivity index (χ4n) is 0.946. The minimum atomic E-state index is -0.664. The van der Waals surface area contributed by atoms with Crippen molar-refractivity contribution < 1.29 is 10.0 Å². The number of nitrogens with zero attached hydrogens (tertiary/aromatic N) is 4. The van der Waals surface area contributed by atoms with Crippen LogP contribution in [0.25, 0.3) is 10.4 Å². The van der Waals surface area contributed by atoms with E-state index in [0.717, 1.165) is 0 Å². The van der Waals surface area contributed by atoms with Crippen LogP contribution < -0.4 is 0 Å². The number of azide groups is 1. The Balaban J connectivity index is 3.30. The highest BCUT2D eigenvalue weighted by atomic mass is 16.6. The van der Waals surface area contributed by atoms with Crippen LogP contribution in [0.4, 0.5) is 11.4 Å². The van der Waals surface area contributed by atoms with Gasteiger partial charge in [0.25, 0.3) is 5.69 Å². The third kappa shape index (κ3) is 1.98. The summed E-state index contributed by atoms with van der Waals surface area (Å²) in [6.45, 7) is -0.294. The summed E-state index contributed by atoms with van der Waals surface area (Å²) in [7, 11) is 0. The van der Waals surface area contributed by atoms with Crippen molar-refractivity contribution in [3.63, 3.8) is 0 Å². The maximum absolute atomic E-state index is 10.5. The summed E-state index contributed by atoms with van der Waals surface area (Å²) in [4.78, 5) is 12.3. The fraction of sp³-hybridized carbons (Fsp3) is 0.143. The molecule has 72 valence electrons. The molecule has 0 aliphatic carbocycles. The highest BCUT2D eigenvalue weighted by Gasteiger charge is 2.12. The predicted octanol–water partition coefficient (Wildman–Crippen LogP) is 2.03. The Kier molecular flexibility index (Phi) is 3.01. The lowest BCUT2D eigenvalue weighted by atomic mass is 10.2. The Morgan fingerprint density at radius 3 is 2.86 bits per heavy atom. The first-order valence-corrected chi connectivity index (χ1v) is 3.62. The number of benzene rings is 1. The lowest BCUT2D eigenvalue weighted by Gasteiger charge is -1.98. The van der Waals surface area contributed by atoms with Crippen molar-refractivity contribution in [3.8, 4) is 0 Å². The molecule has 7 nitrogen and oxygen atoms in total. The summed E-state index contributed by atoms with van der Waals surface area (Å²) in [6, 6.07) is 3.92. The van der Waals surface area contributed by atoms with Crippen LogP contribution in [-0.2, 0) is 6.61 Å². The molecule has 7 heteroatoms. The van der Waals surface area contributed by atoms with E-state index >= 15 is 0 Å². The number of nitro benzene ring substituents is 1. The summed E-state index contributed by atoms with van der Waals surface area (Å²) in [5.41, 5.74) is 8.16. The van der Waals surface area contributed by atoms with Crippen LogP contribution >= 0.6 is 0 Å². The molecule has 1 rings (SSSR count). The van der Waals surface area contributed by atoms with Gasteiger partial charge in [0.1, 0.15) is 5.69 Å².